The molecule has 26 heavy (non-hydrogen) atoms. The molecule has 4 rings (SSSR count). The van der Waals surface area contributed by atoms with Crippen LogP contribution in [-0.2, 0) is 0 Å². The quantitative estimate of drug-likeness (QED) is 0.425. The van der Waals surface area contributed by atoms with Gasteiger partial charge in [-0.1, -0.05) is 60.7 Å². The van der Waals surface area contributed by atoms with Gasteiger partial charge >= 0.3 is 11.4 Å². The Morgan fingerprint density at radius 2 is 0.962 bits per heavy atom. The molecular weight excluding hydrogens is 332 g/mol. The molecule has 0 saturated heterocycles. The Morgan fingerprint density at radius 1 is 0.577 bits per heavy atom. The van der Waals surface area contributed by atoms with E-state index in [1.165, 1.54) is 0 Å². The molecule has 0 fully saturated rings. The Labute approximate surface area is 146 Å². The highest BCUT2D eigenvalue weighted by molar-refractivity contribution is 6.12. The highest BCUT2D eigenvalue weighted by Crippen LogP contribution is 2.24. The molecule has 2 heterocycles. The predicted octanol–water partition coefficient (Wildman–Crippen LogP) is 2.28. The van der Waals surface area contributed by atoms with Gasteiger partial charge in [-0.25, -0.2) is 9.59 Å². The second-order valence-corrected chi connectivity index (χ2v) is 5.72. The van der Waals surface area contributed by atoms with Crippen LogP contribution in [0, 0.1) is 0 Å². The van der Waals surface area contributed by atoms with Crippen LogP contribution >= 0.6 is 0 Å². The van der Waals surface area contributed by atoms with E-state index >= 15 is 0 Å². The van der Waals surface area contributed by atoms with Crippen LogP contribution in [0.15, 0.2) is 70.3 Å². The van der Waals surface area contributed by atoms with Crippen molar-refractivity contribution in [3.63, 3.8) is 0 Å². The molecule has 4 N–H and O–H groups in total. The van der Waals surface area contributed by atoms with Gasteiger partial charge in [-0.2, -0.15) is 0 Å². The standard InChI is InChI=1S/C19H14N4O3/c24-17(15-13(20-18(25)22-15)11-7-3-1-4-8-11)16-14(21-19(26)23-16)12-9-5-2-6-10-12/h1-10H,(H2,20,22,25)(H2,21,23,26). The lowest BCUT2D eigenvalue weighted by atomic mass is 10.0. The number of ketones is 1. The molecule has 7 heteroatoms. The van der Waals surface area contributed by atoms with E-state index in [-0.39, 0.29) is 11.4 Å². The maximum Gasteiger partial charge on any atom is 0.323 e. The number of hydrogen-bond donors (Lipinski definition) is 4. The van der Waals surface area contributed by atoms with E-state index in [9.17, 15) is 14.4 Å². The molecular formula is C19H14N4O3. The van der Waals surface area contributed by atoms with E-state index < -0.39 is 17.2 Å². The van der Waals surface area contributed by atoms with Gasteiger partial charge in [-0.3, -0.25) is 4.79 Å². The number of H-pyrrole nitrogens is 4. The van der Waals surface area contributed by atoms with E-state index in [2.05, 4.69) is 19.9 Å². The molecule has 128 valence electrons. The number of benzene rings is 2. The zero-order valence-electron chi connectivity index (χ0n) is 13.5. The summed E-state index contributed by atoms with van der Waals surface area (Å²) >= 11 is 0. The summed E-state index contributed by atoms with van der Waals surface area (Å²) in [5, 5.41) is 0. The molecule has 7 nitrogen and oxygen atoms in total. The second kappa shape index (κ2) is 6.21. The summed E-state index contributed by atoms with van der Waals surface area (Å²) < 4.78 is 0. The molecule has 2 aromatic heterocycles. The van der Waals surface area contributed by atoms with Crippen molar-refractivity contribution in [1.82, 2.24) is 19.9 Å². The first-order valence-corrected chi connectivity index (χ1v) is 7.93. The molecule has 0 aliphatic heterocycles. The van der Waals surface area contributed by atoms with Crippen molar-refractivity contribution in [2.24, 2.45) is 0 Å². The number of aromatic amines is 4. The van der Waals surface area contributed by atoms with Crippen LogP contribution in [0.3, 0.4) is 0 Å². The van der Waals surface area contributed by atoms with Gasteiger partial charge in [0.1, 0.15) is 11.4 Å². The van der Waals surface area contributed by atoms with E-state index in [1.807, 2.05) is 36.4 Å². The minimum atomic E-state index is -0.494. The van der Waals surface area contributed by atoms with Crippen LogP contribution in [0.5, 0.6) is 0 Å². The first-order valence-electron chi connectivity index (χ1n) is 7.93. The fraction of sp³-hybridized carbons (Fsp3) is 0. The van der Waals surface area contributed by atoms with Crippen LogP contribution in [0.25, 0.3) is 22.5 Å². The van der Waals surface area contributed by atoms with Crippen molar-refractivity contribution in [1.29, 1.82) is 0 Å². The van der Waals surface area contributed by atoms with Crippen LogP contribution in [0.4, 0.5) is 0 Å². The van der Waals surface area contributed by atoms with E-state index in [0.29, 0.717) is 22.5 Å². The van der Waals surface area contributed by atoms with Crippen molar-refractivity contribution in [3.8, 4) is 22.5 Å². The first kappa shape index (κ1) is 15.6. The van der Waals surface area contributed by atoms with Gasteiger partial charge in [-0.05, 0) is 0 Å². The summed E-state index contributed by atoms with van der Waals surface area (Å²) in [5.41, 5.74) is 1.32. The molecule has 4 aromatic rings. The Balaban J connectivity index is 1.87. The molecule has 0 amide bonds. The monoisotopic (exact) mass is 346 g/mol. The maximum atomic E-state index is 13.1. The second-order valence-electron chi connectivity index (χ2n) is 5.72. The van der Waals surface area contributed by atoms with Crippen molar-refractivity contribution in [2.75, 3.05) is 0 Å². The third-order valence-corrected chi connectivity index (χ3v) is 4.03. The molecule has 0 bridgehead atoms. The van der Waals surface area contributed by atoms with E-state index in [1.54, 1.807) is 24.3 Å². The van der Waals surface area contributed by atoms with Crippen molar-refractivity contribution >= 4 is 5.78 Å². The lowest BCUT2D eigenvalue weighted by Gasteiger charge is -2.04. The SMILES string of the molecule is O=C(c1[nH]c(=O)[nH]c1-c1ccccc1)c1[nH]c(=O)[nH]c1-c1ccccc1. The Hall–Kier alpha value is -3.87. The van der Waals surface area contributed by atoms with Gasteiger partial charge in [0.15, 0.2) is 0 Å². The summed E-state index contributed by atoms with van der Waals surface area (Å²) in [7, 11) is 0. The molecule has 0 atom stereocenters. The normalized spacial score (nSPS) is 10.8. The fourth-order valence-corrected chi connectivity index (χ4v) is 2.87. The number of hydrogen-bond acceptors (Lipinski definition) is 3. The average Bonchev–Trinajstić information content (AvgIpc) is 3.25. The lowest BCUT2D eigenvalue weighted by Crippen LogP contribution is -2.09. The zero-order chi connectivity index (χ0) is 18.1. The highest BCUT2D eigenvalue weighted by atomic mass is 16.2. The zero-order valence-corrected chi connectivity index (χ0v) is 13.5. The van der Waals surface area contributed by atoms with Gasteiger partial charge < -0.3 is 19.9 Å². The Kier molecular flexibility index (Phi) is 3.74. The average molecular weight is 346 g/mol. The van der Waals surface area contributed by atoms with Crippen molar-refractivity contribution in [2.45, 2.75) is 0 Å². The van der Waals surface area contributed by atoms with Gasteiger partial charge in [0, 0.05) is 11.1 Å². The summed E-state index contributed by atoms with van der Waals surface area (Å²) in [5.74, 6) is -0.487. The molecule has 0 unspecified atom stereocenters. The molecule has 0 radical (unpaired) electrons. The summed E-state index contributed by atoms with van der Waals surface area (Å²) in [4.78, 5) is 47.1. The smallest absolute Gasteiger partial charge is 0.305 e. The minimum Gasteiger partial charge on any atom is -0.305 e. The number of rotatable bonds is 4. The molecule has 0 spiro atoms. The molecule has 0 aliphatic carbocycles. The first-order chi connectivity index (χ1) is 12.6. The van der Waals surface area contributed by atoms with Crippen LogP contribution in [0.1, 0.15) is 16.2 Å². The Morgan fingerprint density at radius 3 is 1.35 bits per heavy atom. The van der Waals surface area contributed by atoms with Crippen molar-refractivity contribution < 1.29 is 4.79 Å². The largest absolute Gasteiger partial charge is 0.323 e. The molecule has 0 saturated carbocycles. The van der Waals surface area contributed by atoms with Crippen LogP contribution < -0.4 is 11.4 Å². The number of carbonyl (C=O) groups is 1. The van der Waals surface area contributed by atoms with Crippen LogP contribution in [-0.4, -0.2) is 25.7 Å². The van der Waals surface area contributed by atoms with Gasteiger partial charge in [-0.15, -0.1) is 0 Å². The lowest BCUT2D eigenvalue weighted by molar-refractivity contribution is 0.103. The topological polar surface area (TPSA) is 114 Å². The number of carbonyl (C=O) groups excluding carboxylic acids is 1. The maximum absolute atomic E-state index is 13.1. The minimum absolute atomic E-state index is 0.0913. The number of nitrogens with one attached hydrogen (secondary N) is 4. The van der Waals surface area contributed by atoms with Gasteiger partial charge in [0.25, 0.3) is 0 Å². The van der Waals surface area contributed by atoms with Gasteiger partial charge in [0.2, 0.25) is 5.78 Å². The number of imidazole rings is 2. The highest BCUT2D eigenvalue weighted by Gasteiger charge is 2.23. The number of aromatic nitrogens is 4. The predicted molar refractivity (Wildman–Crippen MR) is 97.1 cm³/mol. The molecule has 2 aromatic carbocycles. The summed E-state index contributed by atoms with van der Waals surface area (Å²) in [6, 6.07) is 18.1. The van der Waals surface area contributed by atoms with Crippen molar-refractivity contribution in [3.05, 3.63) is 93.0 Å². The molecule has 0 aliphatic rings. The van der Waals surface area contributed by atoms with E-state index in [0.717, 1.165) is 0 Å². The summed E-state index contributed by atoms with van der Waals surface area (Å²) in [6.07, 6.45) is 0. The fourth-order valence-electron chi connectivity index (χ4n) is 2.87. The Bertz CT molecular complexity index is 1090. The van der Waals surface area contributed by atoms with Gasteiger partial charge in [0.05, 0.1) is 11.4 Å². The van der Waals surface area contributed by atoms with E-state index in [4.69, 9.17) is 0 Å². The summed E-state index contributed by atoms with van der Waals surface area (Å²) in [6.45, 7) is 0. The third-order valence-electron chi connectivity index (χ3n) is 4.03. The third kappa shape index (κ3) is 2.71. The van der Waals surface area contributed by atoms with Crippen LogP contribution in [0.2, 0.25) is 0 Å².